The number of carbonyl (C=O) groups is 1. The number of aromatic nitrogens is 2. The number of benzene rings is 2. The molecule has 2 heterocycles. The lowest BCUT2D eigenvalue weighted by Crippen LogP contribution is -2.44. The fourth-order valence-corrected chi connectivity index (χ4v) is 5.02. The zero-order chi connectivity index (χ0) is 24.8. The maximum atomic E-state index is 12.8. The van der Waals surface area contributed by atoms with E-state index in [4.69, 9.17) is 8.94 Å². The van der Waals surface area contributed by atoms with Crippen LogP contribution in [0.15, 0.2) is 50.2 Å². The molecule has 0 aliphatic heterocycles. The Kier molecular flexibility index (Phi) is 5.99. The van der Waals surface area contributed by atoms with Crippen LogP contribution in [-0.2, 0) is 21.2 Å². The Morgan fingerprint density at radius 2 is 1.82 bits per heavy atom. The Labute approximate surface area is 197 Å². The van der Waals surface area contributed by atoms with Gasteiger partial charge >= 0.3 is 5.97 Å². The number of fused-ring (bicyclic) bond motifs is 3. The van der Waals surface area contributed by atoms with E-state index in [-0.39, 0.29) is 10.3 Å². The summed E-state index contributed by atoms with van der Waals surface area (Å²) in [6.07, 6.45) is 0.654. The average molecular weight is 486 g/mol. The van der Waals surface area contributed by atoms with Crippen molar-refractivity contribution in [1.29, 1.82) is 0 Å². The number of hydrogen-bond acceptors (Lipinski definition) is 7. The Hall–Kier alpha value is -3.24. The van der Waals surface area contributed by atoms with E-state index in [9.17, 15) is 18.3 Å². The Balaban J connectivity index is 1.69. The average Bonchev–Trinajstić information content (AvgIpc) is 3.33. The molecule has 0 radical (unpaired) electrons. The van der Waals surface area contributed by atoms with Crippen molar-refractivity contribution < 1.29 is 27.3 Å². The maximum absolute atomic E-state index is 12.8. The van der Waals surface area contributed by atoms with E-state index in [2.05, 4.69) is 35.6 Å². The van der Waals surface area contributed by atoms with Gasteiger partial charge in [0.2, 0.25) is 21.7 Å². The van der Waals surface area contributed by atoms with Gasteiger partial charge in [-0.3, -0.25) is 4.79 Å². The topological polar surface area (TPSA) is 136 Å². The summed E-state index contributed by atoms with van der Waals surface area (Å²) in [4.78, 5) is 15.9. The first kappa shape index (κ1) is 23.9. The van der Waals surface area contributed by atoms with Gasteiger partial charge in [0.25, 0.3) is 0 Å². The molecule has 2 aromatic carbocycles. The molecule has 9 nitrogen and oxygen atoms in total. The number of rotatable bonds is 7. The van der Waals surface area contributed by atoms with Gasteiger partial charge in [-0.15, -0.1) is 0 Å². The zero-order valence-electron chi connectivity index (χ0n) is 19.6. The van der Waals surface area contributed by atoms with Crippen LogP contribution >= 0.6 is 0 Å². The largest absolute Gasteiger partial charge is 0.480 e. The number of nitrogens with zero attached hydrogens (tertiary/aromatic N) is 2. The van der Waals surface area contributed by atoms with E-state index >= 15 is 0 Å². The minimum atomic E-state index is -4.07. The van der Waals surface area contributed by atoms with Crippen LogP contribution in [0.1, 0.15) is 40.5 Å². The third-order valence-electron chi connectivity index (χ3n) is 5.38. The van der Waals surface area contributed by atoms with Crippen LogP contribution in [0.4, 0.5) is 0 Å². The number of hydrogen-bond donors (Lipinski definition) is 2. The summed E-state index contributed by atoms with van der Waals surface area (Å²) in [5.41, 5.74) is 1.71. The zero-order valence-corrected chi connectivity index (χ0v) is 20.4. The minimum absolute atomic E-state index is 0.0150. The van der Waals surface area contributed by atoms with Crippen molar-refractivity contribution in [3.63, 3.8) is 0 Å². The third kappa shape index (κ3) is 4.83. The number of carboxylic acids is 1. The van der Waals surface area contributed by atoms with Crippen molar-refractivity contribution in [2.24, 2.45) is 11.3 Å². The molecule has 34 heavy (non-hydrogen) atoms. The van der Waals surface area contributed by atoms with Crippen molar-refractivity contribution in [3.8, 4) is 11.4 Å². The molecule has 0 fully saturated rings. The minimum Gasteiger partial charge on any atom is -0.480 e. The summed E-state index contributed by atoms with van der Waals surface area (Å²) in [6, 6.07) is 8.70. The molecule has 0 bridgehead atoms. The van der Waals surface area contributed by atoms with E-state index in [1.54, 1.807) is 26.0 Å². The first-order valence-corrected chi connectivity index (χ1v) is 12.4. The molecule has 180 valence electrons. The van der Waals surface area contributed by atoms with Crippen molar-refractivity contribution in [2.45, 2.75) is 52.0 Å². The first-order valence-electron chi connectivity index (χ1n) is 10.9. The Morgan fingerprint density at radius 3 is 2.47 bits per heavy atom. The van der Waals surface area contributed by atoms with Gasteiger partial charge in [-0.1, -0.05) is 39.8 Å². The van der Waals surface area contributed by atoms with Crippen LogP contribution < -0.4 is 4.72 Å². The lowest BCUT2D eigenvalue weighted by Gasteiger charge is -2.17. The number of nitrogens with one attached hydrogen (secondary N) is 1. The highest BCUT2D eigenvalue weighted by Crippen LogP contribution is 2.33. The standard InChI is InChI=1S/C24H27N3O6S/c1-13(2)21(23(28)29)27-34(30,31)15-7-8-16-17-10-14(6-9-18(17)32-19(16)11-15)22-25-20(33-26-22)12-24(3,4)5/h6-11,13,21,27H,12H2,1-5H3,(H,28,29)/t21-/m0/s1. The molecule has 0 saturated carbocycles. The summed E-state index contributed by atoms with van der Waals surface area (Å²) >= 11 is 0. The van der Waals surface area contributed by atoms with Gasteiger partial charge in [0.05, 0.1) is 4.90 Å². The van der Waals surface area contributed by atoms with Gasteiger partial charge in [0.15, 0.2) is 0 Å². The number of carboxylic acid groups (broad SMARTS) is 1. The molecule has 4 rings (SSSR count). The quantitative estimate of drug-likeness (QED) is 0.387. The van der Waals surface area contributed by atoms with Crippen molar-refractivity contribution in [1.82, 2.24) is 14.9 Å². The van der Waals surface area contributed by atoms with Crippen LogP contribution in [0, 0.1) is 11.3 Å². The molecule has 2 N–H and O–H groups in total. The smallest absolute Gasteiger partial charge is 0.322 e. The van der Waals surface area contributed by atoms with Crippen LogP contribution in [0.2, 0.25) is 0 Å². The van der Waals surface area contributed by atoms with Gasteiger partial charge in [-0.2, -0.15) is 9.71 Å². The highest BCUT2D eigenvalue weighted by atomic mass is 32.2. The molecule has 1 atom stereocenters. The van der Waals surface area contributed by atoms with E-state index < -0.39 is 28.0 Å². The summed E-state index contributed by atoms with van der Waals surface area (Å²) in [6.45, 7) is 9.55. The number of sulfonamides is 1. The maximum Gasteiger partial charge on any atom is 0.322 e. The second-order valence-corrected chi connectivity index (χ2v) is 11.6. The molecular formula is C24H27N3O6S. The van der Waals surface area contributed by atoms with Crippen molar-refractivity contribution >= 4 is 37.9 Å². The van der Waals surface area contributed by atoms with Crippen LogP contribution in [0.5, 0.6) is 0 Å². The number of furan rings is 1. The van der Waals surface area contributed by atoms with E-state index in [1.807, 2.05) is 12.1 Å². The van der Waals surface area contributed by atoms with Crippen LogP contribution in [-0.4, -0.2) is 35.7 Å². The summed E-state index contributed by atoms with van der Waals surface area (Å²) in [7, 11) is -4.07. The van der Waals surface area contributed by atoms with Crippen LogP contribution in [0.3, 0.4) is 0 Å². The summed E-state index contributed by atoms with van der Waals surface area (Å²) in [5, 5.41) is 14.9. The van der Waals surface area contributed by atoms with Gasteiger partial charge < -0.3 is 14.0 Å². The first-order chi connectivity index (χ1) is 15.8. The van der Waals surface area contributed by atoms with Gasteiger partial charge in [0, 0.05) is 28.8 Å². The summed E-state index contributed by atoms with van der Waals surface area (Å²) < 4.78 is 39.1. The molecule has 0 unspecified atom stereocenters. The molecule has 0 amide bonds. The molecule has 10 heteroatoms. The van der Waals surface area contributed by atoms with Gasteiger partial charge in [0.1, 0.15) is 17.2 Å². The lowest BCUT2D eigenvalue weighted by molar-refractivity contribution is -0.140. The van der Waals surface area contributed by atoms with E-state index in [1.165, 1.54) is 12.1 Å². The molecular weight excluding hydrogens is 458 g/mol. The predicted octanol–water partition coefficient (Wildman–Crippen LogP) is 4.61. The van der Waals surface area contributed by atoms with E-state index in [0.717, 1.165) is 10.9 Å². The van der Waals surface area contributed by atoms with Gasteiger partial charge in [-0.05, 0) is 41.7 Å². The van der Waals surface area contributed by atoms with Crippen LogP contribution in [0.25, 0.3) is 33.3 Å². The predicted molar refractivity (Wildman–Crippen MR) is 127 cm³/mol. The lowest BCUT2D eigenvalue weighted by atomic mass is 9.92. The molecule has 0 spiro atoms. The monoisotopic (exact) mass is 485 g/mol. The van der Waals surface area contributed by atoms with E-state index in [0.29, 0.717) is 34.7 Å². The normalized spacial score (nSPS) is 13.7. The van der Waals surface area contributed by atoms with Crippen molar-refractivity contribution in [3.05, 3.63) is 42.3 Å². The second kappa shape index (κ2) is 8.52. The fourth-order valence-electron chi connectivity index (χ4n) is 3.67. The Morgan fingerprint density at radius 1 is 1.09 bits per heavy atom. The molecule has 4 aromatic rings. The SMILES string of the molecule is CC(C)[C@H](NS(=O)(=O)c1ccc2c(c1)oc1ccc(-c3noc(CC(C)(C)C)n3)cc12)C(=O)O. The Bertz CT molecular complexity index is 1480. The third-order valence-corrected chi connectivity index (χ3v) is 6.81. The molecule has 2 aromatic heterocycles. The molecule has 0 aliphatic carbocycles. The second-order valence-electron chi connectivity index (χ2n) is 9.90. The van der Waals surface area contributed by atoms with Gasteiger partial charge in [-0.25, -0.2) is 8.42 Å². The molecule has 0 aliphatic rings. The van der Waals surface area contributed by atoms with Crippen molar-refractivity contribution in [2.75, 3.05) is 0 Å². The highest BCUT2D eigenvalue weighted by Gasteiger charge is 2.28. The number of aliphatic carboxylic acids is 1. The summed E-state index contributed by atoms with van der Waals surface area (Å²) in [5.74, 6) is -0.631. The highest BCUT2D eigenvalue weighted by molar-refractivity contribution is 7.89. The molecule has 0 saturated heterocycles. The fraction of sp³-hybridized carbons (Fsp3) is 0.375.